The molecular formula is C13H14N2O. The van der Waals surface area contributed by atoms with E-state index in [0.717, 1.165) is 29.9 Å². The summed E-state index contributed by atoms with van der Waals surface area (Å²) in [5, 5.41) is 10.0. The molecule has 3 nitrogen and oxygen atoms in total. The van der Waals surface area contributed by atoms with Crippen LogP contribution >= 0.6 is 0 Å². The summed E-state index contributed by atoms with van der Waals surface area (Å²) in [7, 11) is 0. The minimum absolute atomic E-state index is 0.326. The van der Waals surface area contributed by atoms with Crippen LogP contribution in [-0.4, -0.2) is 14.7 Å². The molecule has 1 heterocycles. The summed E-state index contributed by atoms with van der Waals surface area (Å²) in [4.78, 5) is 4.22. The predicted octanol–water partition coefficient (Wildman–Crippen LogP) is 2.16. The maximum absolute atomic E-state index is 10.0. The molecular weight excluding hydrogens is 200 g/mol. The van der Waals surface area contributed by atoms with Crippen LogP contribution in [-0.2, 0) is 6.42 Å². The van der Waals surface area contributed by atoms with Crippen molar-refractivity contribution in [2.45, 2.75) is 25.9 Å². The number of aliphatic hydroxyl groups is 1. The molecule has 1 aromatic carbocycles. The maximum atomic E-state index is 10.0. The van der Waals surface area contributed by atoms with E-state index in [9.17, 15) is 5.11 Å². The summed E-state index contributed by atoms with van der Waals surface area (Å²) in [6.45, 7) is 1.97. The van der Waals surface area contributed by atoms with Crippen LogP contribution in [0.5, 0.6) is 0 Å². The fraction of sp³-hybridized carbons (Fsp3) is 0.308. The fourth-order valence-electron chi connectivity index (χ4n) is 2.48. The minimum atomic E-state index is -0.326. The Balaban J connectivity index is 2.23. The van der Waals surface area contributed by atoms with Gasteiger partial charge in [0, 0.05) is 18.0 Å². The van der Waals surface area contributed by atoms with E-state index in [1.807, 2.05) is 29.8 Å². The van der Waals surface area contributed by atoms with Crippen LogP contribution < -0.4 is 0 Å². The highest BCUT2D eigenvalue weighted by Gasteiger charge is 2.24. The van der Waals surface area contributed by atoms with E-state index in [1.54, 1.807) is 6.20 Å². The number of fused-ring (bicyclic) bond motifs is 1. The highest BCUT2D eigenvalue weighted by Crippen LogP contribution is 2.35. The van der Waals surface area contributed by atoms with E-state index >= 15 is 0 Å². The Labute approximate surface area is 94.4 Å². The molecule has 1 aromatic heterocycles. The van der Waals surface area contributed by atoms with Gasteiger partial charge in [0.2, 0.25) is 0 Å². The SMILES string of the molecule is Cc1nccn1-c1cccc2c1C(O)CC2. The Morgan fingerprint density at radius 2 is 2.31 bits per heavy atom. The van der Waals surface area contributed by atoms with Crippen LogP contribution in [0, 0.1) is 6.92 Å². The summed E-state index contributed by atoms with van der Waals surface area (Å²) in [6.07, 6.45) is 5.21. The van der Waals surface area contributed by atoms with E-state index in [2.05, 4.69) is 11.1 Å². The van der Waals surface area contributed by atoms with Gasteiger partial charge >= 0.3 is 0 Å². The fourth-order valence-corrected chi connectivity index (χ4v) is 2.48. The zero-order valence-electron chi connectivity index (χ0n) is 9.22. The molecule has 3 heteroatoms. The Morgan fingerprint density at radius 3 is 3.06 bits per heavy atom. The molecule has 3 rings (SSSR count). The van der Waals surface area contributed by atoms with Crippen LogP contribution in [0.4, 0.5) is 0 Å². The third kappa shape index (κ3) is 1.28. The lowest BCUT2D eigenvalue weighted by Gasteiger charge is -2.13. The largest absolute Gasteiger partial charge is 0.388 e. The Morgan fingerprint density at radius 1 is 1.44 bits per heavy atom. The molecule has 0 radical (unpaired) electrons. The average molecular weight is 214 g/mol. The summed E-state index contributed by atoms with van der Waals surface area (Å²) in [5.41, 5.74) is 3.40. The third-order valence-corrected chi connectivity index (χ3v) is 3.28. The normalized spacial score (nSPS) is 18.8. The summed E-state index contributed by atoms with van der Waals surface area (Å²) in [5.74, 6) is 0.951. The minimum Gasteiger partial charge on any atom is -0.388 e. The highest BCUT2D eigenvalue weighted by molar-refractivity contribution is 5.50. The number of nitrogens with zero attached hydrogens (tertiary/aromatic N) is 2. The number of aromatic nitrogens is 2. The van der Waals surface area contributed by atoms with Crippen molar-refractivity contribution in [3.8, 4) is 5.69 Å². The molecule has 0 saturated carbocycles. The first kappa shape index (κ1) is 9.60. The van der Waals surface area contributed by atoms with Crippen LogP contribution in [0.2, 0.25) is 0 Å². The van der Waals surface area contributed by atoms with Crippen molar-refractivity contribution in [3.05, 3.63) is 47.5 Å². The lowest BCUT2D eigenvalue weighted by molar-refractivity contribution is 0.180. The first-order valence-electron chi connectivity index (χ1n) is 5.57. The van der Waals surface area contributed by atoms with Crippen molar-refractivity contribution < 1.29 is 5.11 Å². The number of hydrogen-bond donors (Lipinski definition) is 1. The van der Waals surface area contributed by atoms with Crippen LogP contribution in [0.3, 0.4) is 0 Å². The number of aryl methyl sites for hydroxylation is 2. The number of imidazole rings is 1. The van der Waals surface area contributed by atoms with Gasteiger partial charge in [-0.1, -0.05) is 12.1 Å². The molecule has 0 fully saturated rings. The lowest BCUT2D eigenvalue weighted by Crippen LogP contribution is -2.03. The smallest absolute Gasteiger partial charge is 0.110 e. The third-order valence-electron chi connectivity index (χ3n) is 3.28. The second-order valence-electron chi connectivity index (χ2n) is 4.25. The van der Waals surface area contributed by atoms with E-state index in [-0.39, 0.29) is 6.10 Å². The van der Waals surface area contributed by atoms with Crippen molar-refractivity contribution in [1.29, 1.82) is 0 Å². The van der Waals surface area contributed by atoms with Gasteiger partial charge in [-0.25, -0.2) is 4.98 Å². The Bertz CT molecular complexity index is 530. The van der Waals surface area contributed by atoms with Gasteiger partial charge in [0.25, 0.3) is 0 Å². The molecule has 16 heavy (non-hydrogen) atoms. The van der Waals surface area contributed by atoms with Crippen molar-refractivity contribution in [2.24, 2.45) is 0 Å². The first-order valence-corrected chi connectivity index (χ1v) is 5.57. The van der Waals surface area contributed by atoms with E-state index in [0.29, 0.717) is 0 Å². The molecule has 1 aliphatic carbocycles. The Kier molecular flexibility index (Phi) is 2.07. The molecule has 0 spiro atoms. The van der Waals surface area contributed by atoms with Crippen LogP contribution in [0.25, 0.3) is 5.69 Å². The molecule has 0 saturated heterocycles. The van der Waals surface area contributed by atoms with Crippen molar-refractivity contribution in [1.82, 2.24) is 9.55 Å². The maximum Gasteiger partial charge on any atom is 0.110 e. The van der Waals surface area contributed by atoms with Gasteiger partial charge in [-0.05, 0) is 31.4 Å². The molecule has 1 aliphatic rings. The summed E-state index contributed by atoms with van der Waals surface area (Å²) >= 11 is 0. The molecule has 1 unspecified atom stereocenters. The number of hydrogen-bond acceptors (Lipinski definition) is 2. The molecule has 1 atom stereocenters. The lowest BCUT2D eigenvalue weighted by atomic mass is 10.1. The molecule has 0 aliphatic heterocycles. The van der Waals surface area contributed by atoms with Gasteiger partial charge in [0.1, 0.15) is 5.82 Å². The van der Waals surface area contributed by atoms with Gasteiger partial charge < -0.3 is 9.67 Å². The van der Waals surface area contributed by atoms with E-state index in [1.165, 1.54) is 5.56 Å². The number of aliphatic hydroxyl groups excluding tert-OH is 1. The zero-order chi connectivity index (χ0) is 11.1. The second kappa shape index (κ2) is 3.46. The first-order chi connectivity index (χ1) is 7.77. The van der Waals surface area contributed by atoms with Gasteiger partial charge in [0.05, 0.1) is 11.8 Å². The van der Waals surface area contributed by atoms with Gasteiger partial charge in [-0.2, -0.15) is 0 Å². The predicted molar refractivity (Wildman–Crippen MR) is 61.6 cm³/mol. The van der Waals surface area contributed by atoms with Crippen molar-refractivity contribution in [3.63, 3.8) is 0 Å². The topological polar surface area (TPSA) is 38.0 Å². The van der Waals surface area contributed by atoms with Gasteiger partial charge in [0.15, 0.2) is 0 Å². The monoisotopic (exact) mass is 214 g/mol. The molecule has 82 valence electrons. The number of rotatable bonds is 1. The van der Waals surface area contributed by atoms with Gasteiger partial charge in [-0.15, -0.1) is 0 Å². The van der Waals surface area contributed by atoms with Crippen molar-refractivity contribution >= 4 is 0 Å². The summed E-state index contributed by atoms with van der Waals surface area (Å²) in [6, 6.07) is 6.19. The van der Waals surface area contributed by atoms with Crippen LogP contribution in [0.1, 0.15) is 29.5 Å². The molecule has 1 N–H and O–H groups in total. The number of benzene rings is 1. The quantitative estimate of drug-likeness (QED) is 0.790. The highest BCUT2D eigenvalue weighted by atomic mass is 16.3. The zero-order valence-corrected chi connectivity index (χ0v) is 9.22. The average Bonchev–Trinajstić information content (AvgIpc) is 2.86. The molecule has 2 aromatic rings. The van der Waals surface area contributed by atoms with Crippen LogP contribution in [0.15, 0.2) is 30.6 Å². The molecule has 0 bridgehead atoms. The van der Waals surface area contributed by atoms with Crippen molar-refractivity contribution in [2.75, 3.05) is 0 Å². The van der Waals surface area contributed by atoms with E-state index in [4.69, 9.17) is 0 Å². The Hall–Kier alpha value is -1.61. The molecule has 0 amide bonds. The van der Waals surface area contributed by atoms with E-state index < -0.39 is 0 Å². The standard InChI is InChI=1S/C13H14N2O/c1-9-14-7-8-15(9)11-4-2-3-10-5-6-12(16)13(10)11/h2-4,7-8,12,16H,5-6H2,1H3. The second-order valence-corrected chi connectivity index (χ2v) is 4.25. The van der Waals surface area contributed by atoms with Gasteiger partial charge in [-0.3, -0.25) is 0 Å². The summed E-state index contributed by atoms with van der Waals surface area (Å²) < 4.78 is 2.04.